The van der Waals surface area contributed by atoms with Gasteiger partial charge in [-0.1, -0.05) is 51.6 Å². The number of fused-ring (bicyclic) bond motifs is 1. The van der Waals surface area contributed by atoms with Crippen molar-refractivity contribution in [2.24, 2.45) is 0 Å². The fourth-order valence-corrected chi connectivity index (χ4v) is 7.10. The van der Waals surface area contributed by atoms with Crippen molar-refractivity contribution < 1.29 is 28.3 Å². The molecular formula is C38H48FN9O5Si. The molecule has 1 fully saturated rings. The van der Waals surface area contributed by atoms with Crippen LogP contribution in [0.25, 0.3) is 33.5 Å². The molecule has 2 N–H and O–H groups in total. The third kappa shape index (κ3) is 8.28. The van der Waals surface area contributed by atoms with Gasteiger partial charge in [-0.05, 0) is 55.3 Å². The topological polar surface area (TPSA) is 165 Å². The average Bonchev–Trinajstić information content (AvgIpc) is 3.78. The Bertz CT molecular complexity index is 2150. The molecule has 0 spiro atoms. The molecule has 2 amide bonds. The lowest BCUT2D eigenvalue weighted by molar-refractivity contribution is 0.0908. The van der Waals surface area contributed by atoms with Gasteiger partial charge in [-0.2, -0.15) is 4.98 Å². The highest BCUT2D eigenvalue weighted by atomic mass is 28.3. The Morgan fingerprint density at radius 1 is 1.07 bits per heavy atom. The number of hydrogen-bond acceptors (Lipinski definition) is 10. The molecule has 286 valence electrons. The van der Waals surface area contributed by atoms with Crippen LogP contribution < -0.4 is 10.2 Å². The number of nitrogens with zero attached hydrogens (tertiary/aromatic N) is 8. The number of hydrogen-bond donors (Lipinski definition) is 2. The molecule has 1 saturated heterocycles. The molecule has 1 aliphatic rings. The second-order valence-corrected chi connectivity index (χ2v) is 21.6. The number of ether oxygens (including phenoxy) is 1. The number of amides is 2. The van der Waals surface area contributed by atoms with Crippen molar-refractivity contribution in [3.05, 3.63) is 71.5 Å². The number of pyridine rings is 1. The Morgan fingerprint density at radius 2 is 1.81 bits per heavy atom. The normalized spacial score (nSPS) is 14.5. The Kier molecular flexibility index (Phi) is 10.9. The summed E-state index contributed by atoms with van der Waals surface area (Å²) in [4.78, 5) is 46.0. The second kappa shape index (κ2) is 15.3. The molecule has 0 saturated carbocycles. The maximum absolute atomic E-state index is 16.4. The Balaban J connectivity index is 1.30. The monoisotopic (exact) mass is 757 g/mol. The quantitative estimate of drug-likeness (QED) is 0.106. The molecule has 0 radical (unpaired) electrons. The van der Waals surface area contributed by atoms with Crippen molar-refractivity contribution in [2.75, 3.05) is 37.7 Å². The number of carbonyl (C=O) groups excluding carboxylic acids is 1. The Morgan fingerprint density at radius 3 is 2.44 bits per heavy atom. The minimum atomic E-state index is -1.34. The van der Waals surface area contributed by atoms with E-state index in [1.54, 1.807) is 32.2 Å². The van der Waals surface area contributed by atoms with Gasteiger partial charge in [0.1, 0.15) is 30.3 Å². The molecule has 0 unspecified atom stereocenters. The van der Waals surface area contributed by atoms with Gasteiger partial charge in [0, 0.05) is 69.0 Å². The van der Waals surface area contributed by atoms with Crippen LogP contribution in [0.2, 0.25) is 25.7 Å². The summed E-state index contributed by atoms with van der Waals surface area (Å²) in [5, 5.41) is 16.7. The van der Waals surface area contributed by atoms with Crippen LogP contribution in [0.3, 0.4) is 0 Å². The summed E-state index contributed by atoms with van der Waals surface area (Å²) in [6.45, 7) is 18.8. The highest BCUT2D eigenvalue weighted by molar-refractivity contribution is 6.76. The van der Waals surface area contributed by atoms with Crippen molar-refractivity contribution in [3.63, 3.8) is 0 Å². The minimum absolute atomic E-state index is 0.0851. The first-order valence-electron chi connectivity index (χ1n) is 18.1. The van der Waals surface area contributed by atoms with Crippen molar-refractivity contribution in [3.8, 4) is 22.5 Å². The second-order valence-electron chi connectivity index (χ2n) is 15.9. The number of anilines is 1. The number of piperazine rings is 1. The number of carboxylic acid groups (broad SMARTS) is 1. The first-order chi connectivity index (χ1) is 25.5. The fraction of sp³-hybridized carbons (Fsp3) is 0.447. The third-order valence-corrected chi connectivity index (χ3v) is 11.3. The number of nitrogens with one attached hydrogen (secondary N) is 1. The van der Waals surface area contributed by atoms with E-state index in [0.717, 1.165) is 23.1 Å². The van der Waals surface area contributed by atoms with Gasteiger partial charge in [0.15, 0.2) is 0 Å². The van der Waals surface area contributed by atoms with E-state index >= 15 is 4.39 Å². The van der Waals surface area contributed by atoms with Crippen molar-refractivity contribution in [1.29, 1.82) is 0 Å². The van der Waals surface area contributed by atoms with Crippen LogP contribution in [0.4, 0.5) is 15.0 Å². The lowest BCUT2D eigenvalue weighted by Gasteiger charge is -2.33. The van der Waals surface area contributed by atoms with E-state index in [9.17, 15) is 14.7 Å². The Labute approximate surface area is 314 Å². The van der Waals surface area contributed by atoms with Crippen LogP contribution in [-0.2, 0) is 16.9 Å². The molecule has 1 aliphatic heterocycles. The molecule has 5 heterocycles. The summed E-state index contributed by atoms with van der Waals surface area (Å²) in [7, 11) is -1.34. The van der Waals surface area contributed by atoms with Crippen molar-refractivity contribution in [1.82, 2.24) is 39.9 Å². The largest absolute Gasteiger partial charge is 0.465 e. The van der Waals surface area contributed by atoms with E-state index in [0.29, 0.717) is 72.1 Å². The van der Waals surface area contributed by atoms with Crippen LogP contribution >= 0.6 is 0 Å². The number of carbonyl (C=O) groups is 2. The maximum atomic E-state index is 16.4. The van der Waals surface area contributed by atoms with E-state index in [-0.39, 0.29) is 12.6 Å². The summed E-state index contributed by atoms with van der Waals surface area (Å²) in [5.74, 6) is 0.0382. The molecule has 16 heteroatoms. The lowest BCUT2D eigenvalue weighted by Crippen LogP contribution is -2.48. The summed E-state index contributed by atoms with van der Waals surface area (Å²) in [6, 6.07) is 9.75. The maximum Gasteiger partial charge on any atom is 0.407 e. The van der Waals surface area contributed by atoms with E-state index in [1.807, 2.05) is 43.5 Å². The zero-order chi connectivity index (χ0) is 38.9. The smallest absolute Gasteiger partial charge is 0.407 e. The molecule has 4 aromatic heterocycles. The van der Waals surface area contributed by atoms with Gasteiger partial charge in [-0.15, -0.1) is 0 Å². The number of benzene rings is 1. The molecule has 54 heavy (non-hydrogen) atoms. The zero-order valence-corrected chi connectivity index (χ0v) is 33.1. The number of rotatable bonds is 11. The molecule has 1 atom stereocenters. The first-order valence-corrected chi connectivity index (χ1v) is 21.8. The van der Waals surface area contributed by atoms with E-state index in [1.165, 1.54) is 11.2 Å². The summed E-state index contributed by atoms with van der Waals surface area (Å²) >= 11 is 0. The highest BCUT2D eigenvalue weighted by Crippen LogP contribution is 2.36. The van der Waals surface area contributed by atoms with Crippen molar-refractivity contribution in [2.45, 2.75) is 78.5 Å². The molecule has 1 aromatic carbocycles. The minimum Gasteiger partial charge on any atom is -0.465 e. The van der Waals surface area contributed by atoms with Crippen molar-refractivity contribution >= 4 is 36.9 Å². The summed E-state index contributed by atoms with van der Waals surface area (Å²) in [6.07, 6.45) is 2.30. The number of aromatic nitrogens is 6. The Hall–Kier alpha value is -5.22. The van der Waals surface area contributed by atoms with Crippen LogP contribution in [0.15, 0.2) is 47.4 Å². The van der Waals surface area contributed by atoms with Crippen LogP contribution in [0.5, 0.6) is 0 Å². The highest BCUT2D eigenvalue weighted by Gasteiger charge is 2.27. The third-order valence-electron chi connectivity index (χ3n) is 9.59. The van der Waals surface area contributed by atoms with Gasteiger partial charge >= 0.3 is 6.09 Å². The standard InChI is InChI=1S/C38H48FN9O5Si/c1-23-26(24(2)43-35(49)33-44-36(53-45-33)38(3,4)5)10-11-27(31(23)39)32-28-19-29(48(34(28)42-21-41-32)22-52-17-18-54(6,7)8)25-9-12-30(40-20-25)46-13-15-47(16-14-46)37(50)51/h9-12,19-21,24H,13-18,22H2,1-8H3,(H,43,49)(H,50,51)/t24-/m1/s1. The molecule has 6 rings (SSSR count). The molecule has 14 nitrogen and oxygen atoms in total. The van der Waals surface area contributed by atoms with Crippen LogP contribution in [-0.4, -0.2) is 92.5 Å². The molecular weight excluding hydrogens is 710 g/mol. The van der Waals surface area contributed by atoms with Gasteiger partial charge in [0.2, 0.25) is 5.89 Å². The SMILES string of the molecule is Cc1c([C@@H](C)NC(=O)c2noc(C(C)(C)C)n2)ccc(-c2ncnc3c2cc(-c2ccc(N4CCN(C(=O)O)CC4)nc2)n3COCC[Si](C)(C)C)c1F. The van der Waals surface area contributed by atoms with E-state index in [4.69, 9.17) is 14.2 Å². The van der Waals surface area contributed by atoms with Crippen LogP contribution in [0.1, 0.15) is 61.4 Å². The summed E-state index contributed by atoms with van der Waals surface area (Å²) in [5.41, 5.74) is 3.47. The molecule has 0 bridgehead atoms. The molecule has 5 aromatic rings. The van der Waals surface area contributed by atoms with Gasteiger partial charge in [0.05, 0.1) is 17.4 Å². The van der Waals surface area contributed by atoms with E-state index in [2.05, 4.69) is 50.0 Å². The predicted octanol–water partition coefficient (Wildman–Crippen LogP) is 6.89. The average molecular weight is 758 g/mol. The predicted molar refractivity (Wildman–Crippen MR) is 206 cm³/mol. The van der Waals surface area contributed by atoms with Crippen LogP contribution in [0, 0.1) is 12.7 Å². The van der Waals surface area contributed by atoms with E-state index < -0.39 is 37.3 Å². The molecule has 0 aliphatic carbocycles. The first kappa shape index (κ1) is 38.5. The number of halogens is 1. The van der Waals surface area contributed by atoms with Gasteiger partial charge in [-0.3, -0.25) is 4.79 Å². The van der Waals surface area contributed by atoms with Gasteiger partial charge in [0.25, 0.3) is 11.7 Å². The fourth-order valence-electron chi connectivity index (χ4n) is 6.34. The summed E-state index contributed by atoms with van der Waals surface area (Å²) < 4.78 is 29.9. The lowest BCUT2D eigenvalue weighted by atomic mass is 9.96. The zero-order valence-electron chi connectivity index (χ0n) is 32.1. The van der Waals surface area contributed by atoms with Gasteiger partial charge in [-0.25, -0.2) is 24.1 Å². The van der Waals surface area contributed by atoms with Gasteiger partial charge < -0.3 is 34.1 Å².